The van der Waals surface area contributed by atoms with E-state index in [1.807, 2.05) is 0 Å². The fraction of sp³-hybridized carbons (Fsp3) is 0.481. The molecule has 35 heavy (non-hydrogen) atoms. The summed E-state index contributed by atoms with van der Waals surface area (Å²) in [6, 6.07) is 8.72. The molecule has 1 aliphatic heterocycles. The summed E-state index contributed by atoms with van der Waals surface area (Å²) in [5, 5.41) is 3.04. The third kappa shape index (κ3) is 5.59. The third-order valence-electron chi connectivity index (χ3n) is 6.68. The lowest BCUT2D eigenvalue weighted by Gasteiger charge is -2.40. The van der Waals surface area contributed by atoms with E-state index in [-0.39, 0.29) is 11.8 Å². The number of nitrogens with zero attached hydrogens (tertiary/aromatic N) is 2. The van der Waals surface area contributed by atoms with Crippen molar-refractivity contribution in [3.63, 3.8) is 0 Å². The summed E-state index contributed by atoms with van der Waals surface area (Å²) in [7, 11) is 4.59. The van der Waals surface area contributed by atoms with E-state index in [2.05, 4.69) is 24.1 Å². The summed E-state index contributed by atoms with van der Waals surface area (Å²) in [4.78, 5) is 30.8. The summed E-state index contributed by atoms with van der Waals surface area (Å²) >= 11 is 0. The molecule has 2 atom stereocenters. The average molecular weight is 486 g/mol. The normalized spacial score (nSPS) is 17.3. The van der Waals surface area contributed by atoms with Crippen molar-refractivity contribution in [3.05, 3.63) is 58.9 Å². The number of carbonyl (C=O) groups is 2. The first-order chi connectivity index (χ1) is 16.9. The molecule has 7 nitrogen and oxygen atoms in total. The molecule has 2 unspecified atom stereocenters. The van der Waals surface area contributed by atoms with E-state index in [1.165, 1.54) is 25.2 Å². The van der Waals surface area contributed by atoms with Crippen LogP contribution in [-0.4, -0.2) is 69.1 Å². The van der Waals surface area contributed by atoms with Crippen molar-refractivity contribution >= 4 is 11.8 Å². The predicted molar refractivity (Wildman–Crippen MR) is 134 cm³/mol. The molecular formula is C27H36FN3O4. The minimum absolute atomic E-state index is 0.266. The van der Waals surface area contributed by atoms with Crippen molar-refractivity contribution < 1.29 is 23.5 Å². The van der Waals surface area contributed by atoms with Gasteiger partial charge in [0.2, 0.25) is 5.91 Å². The first-order valence-corrected chi connectivity index (χ1v) is 12.1. The predicted octanol–water partition coefficient (Wildman–Crippen LogP) is 3.99. The topological polar surface area (TPSA) is 71.1 Å². The number of rotatable bonds is 11. The fourth-order valence-electron chi connectivity index (χ4n) is 4.69. The van der Waals surface area contributed by atoms with Gasteiger partial charge in [-0.05, 0) is 43.3 Å². The molecule has 3 rings (SSSR count). The van der Waals surface area contributed by atoms with E-state index in [9.17, 15) is 14.0 Å². The van der Waals surface area contributed by atoms with Gasteiger partial charge in [0, 0.05) is 31.3 Å². The maximum atomic E-state index is 15.0. The summed E-state index contributed by atoms with van der Waals surface area (Å²) in [5.74, 6) is -1.06. The maximum absolute atomic E-state index is 15.0. The van der Waals surface area contributed by atoms with Gasteiger partial charge in [0.1, 0.15) is 5.82 Å². The molecular weight excluding hydrogens is 449 g/mol. The van der Waals surface area contributed by atoms with Crippen LogP contribution in [-0.2, 0) is 4.79 Å². The van der Waals surface area contributed by atoms with Gasteiger partial charge in [0.15, 0.2) is 11.5 Å². The molecule has 0 saturated heterocycles. The van der Waals surface area contributed by atoms with Crippen molar-refractivity contribution in [2.24, 2.45) is 0 Å². The van der Waals surface area contributed by atoms with Gasteiger partial charge in [-0.1, -0.05) is 38.5 Å². The number of likely N-dealkylation sites (N-methyl/N-ethyl adjacent to an activating group) is 2. The number of unbranched alkanes of at least 4 members (excludes halogenated alkanes) is 1. The summed E-state index contributed by atoms with van der Waals surface area (Å²) in [6.07, 6.45) is 2.21. The van der Waals surface area contributed by atoms with Crippen LogP contribution in [0.25, 0.3) is 0 Å². The zero-order chi connectivity index (χ0) is 25.5. The number of ether oxygens (including phenoxy) is 2. The lowest BCUT2D eigenvalue weighted by molar-refractivity contribution is -0.124. The first-order valence-electron chi connectivity index (χ1n) is 12.1. The van der Waals surface area contributed by atoms with Gasteiger partial charge in [0.05, 0.1) is 26.2 Å². The number of hydrogen-bond acceptors (Lipinski definition) is 5. The van der Waals surface area contributed by atoms with Crippen LogP contribution < -0.4 is 14.8 Å². The molecule has 0 aromatic heterocycles. The van der Waals surface area contributed by atoms with E-state index in [0.717, 1.165) is 25.9 Å². The molecule has 1 N–H and O–H groups in total. The van der Waals surface area contributed by atoms with Gasteiger partial charge in [-0.3, -0.25) is 9.59 Å². The quantitative estimate of drug-likeness (QED) is 0.521. The molecule has 8 heteroatoms. The largest absolute Gasteiger partial charge is 0.493 e. The second-order valence-corrected chi connectivity index (χ2v) is 8.73. The number of amides is 2. The second kappa shape index (κ2) is 12.0. The lowest BCUT2D eigenvalue weighted by atomic mass is 9.79. The smallest absolute Gasteiger partial charge is 0.254 e. The number of carbonyl (C=O) groups excluding carboxylic acids is 2. The van der Waals surface area contributed by atoms with Crippen molar-refractivity contribution in [2.45, 2.75) is 38.6 Å². The van der Waals surface area contributed by atoms with Gasteiger partial charge in [-0.15, -0.1) is 0 Å². The summed E-state index contributed by atoms with van der Waals surface area (Å²) in [6.45, 7) is 7.29. The summed E-state index contributed by atoms with van der Waals surface area (Å²) < 4.78 is 25.8. The van der Waals surface area contributed by atoms with Gasteiger partial charge in [-0.2, -0.15) is 0 Å². The van der Waals surface area contributed by atoms with Crippen molar-refractivity contribution in [1.29, 1.82) is 0 Å². The molecule has 0 spiro atoms. The van der Waals surface area contributed by atoms with Gasteiger partial charge >= 0.3 is 0 Å². The van der Waals surface area contributed by atoms with Crippen molar-refractivity contribution in [3.8, 4) is 11.5 Å². The van der Waals surface area contributed by atoms with Gasteiger partial charge in [-0.25, -0.2) is 4.39 Å². The first kappa shape index (κ1) is 26.5. The second-order valence-electron chi connectivity index (χ2n) is 8.73. The Labute approximate surface area is 207 Å². The minimum Gasteiger partial charge on any atom is -0.493 e. The number of hydrogen-bond donors (Lipinski definition) is 1. The van der Waals surface area contributed by atoms with E-state index in [1.54, 1.807) is 37.4 Å². The molecule has 0 radical (unpaired) electrons. The molecule has 190 valence electrons. The van der Waals surface area contributed by atoms with Gasteiger partial charge < -0.3 is 24.6 Å². The standard InChI is InChI=1S/C27H36FN3O4/c1-6-8-14-31(7-2)15-13-29-26(32)24-19-16-22(34-4)23(35-5)17-20(19)27(33)30(3)25(24)18-11-9-10-12-21(18)28/h9-12,16-17,24-25H,6-8,13-15H2,1-5H3,(H,29,32). The third-order valence-corrected chi connectivity index (χ3v) is 6.68. The highest BCUT2D eigenvalue weighted by molar-refractivity contribution is 6.02. The van der Waals surface area contributed by atoms with Crippen molar-refractivity contribution in [2.75, 3.05) is 47.4 Å². The van der Waals surface area contributed by atoms with Crippen LogP contribution in [0.3, 0.4) is 0 Å². The summed E-state index contributed by atoms with van der Waals surface area (Å²) in [5.41, 5.74) is 1.13. The highest BCUT2D eigenvalue weighted by atomic mass is 19.1. The highest BCUT2D eigenvalue weighted by Crippen LogP contribution is 2.46. The highest BCUT2D eigenvalue weighted by Gasteiger charge is 2.44. The van der Waals surface area contributed by atoms with Crippen LogP contribution in [0.4, 0.5) is 4.39 Å². The molecule has 2 amide bonds. The van der Waals surface area contributed by atoms with E-state index in [4.69, 9.17) is 9.47 Å². The number of fused-ring (bicyclic) bond motifs is 1. The van der Waals surface area contributed by atoms with E-state index < -0.39 is 17.8 Å². The fourth-order valence-corrected chi connectivity index (χ4v) is 4.69. The maximum Gasteiger partial charge on any atom is 0.254 e. The molecule has 0 aliphatic carbocycles. The number of halogens is 1. The average Bonchev–Trinajstić information content (AvgIpc) is 2.87. The molecule has 2 aromatic rings. The Morgan fingerprint density at radius 2 is 1.77 bits per heavy atom. The number of nitrogens with one attached hydrogen (secondary N) is 1. The minimum atomic E-state index is -0.824. The van der Waals surface area contributed by atoms with Crippen LogP contribution in [0.15, 0.2) is 36.4 Å². The molecule has 0 saturated carbocycles. The van der Waals surface area contributed by atoms with E-state index in [0.29, 0.717) is 41.3 Å². The Kier molecular flexibility index (Phi) is 9.09. The van der Waals surface area contributed by atoms with Crippen molar-refractivity contribution in [1.82, 2.24) is 15.1 Å². The van der Waals surface area contributed by atoms with Crippen LogP contribution in [0.1, 0.15) is 60.1 Å². The van der Waals surface area contributed by atoms with E-state index >= 15 is 0 Å². The van der Waals surface area contributed by atoms with Gasteiger partial charge in [0.25, 0.3) is 5.91 Å². The lowest BCUT2D eigenvalue weighted by Crippen LogP contribution is -2.47. The molecule has 0 bridgehead atoms. The monoisotopic (exact) mass is 485 g/mol. The SMILES string of the molecule is CCCCN(CC)CCNC(=O)C1c2cc(OC)c(OC)cc2C(=O)N(C)C1c1ccccc1F. The van der Waals surface area contributed by atoms with Crippen LogP contribution in [0, 0.1) is 5.82 Å². The molecule has 1 aliphatic rings. The molecule has 1 heterocycles. The Balaban J connectivity index is 2.01. The Bertz CT molecular complexity index is 1050. The molecule has 0 fully saturated rings. The number of methoxy groups -OCH3 is 2. The van der Waals surface area contributed by atoms with Crippen LogP contribution >= 0.6 is 0 Å². The Morgan fingerprint density at radius 1 is 1.09 bits per heavy atom. The molecule has 2 aromatic carbocycles. The zero-order valence-corrected chi connectivity index (χ0v) is 21.3. The van der Waals surface area contributed by atoms with Crippen LogP contribution in [0.5, 0.6) is 11.5 Å². The zero-order valence-electron chi connectivity index (χ0n) is 21.3. The Morgan fingerprint density at radius 3 is 2.40 bits per heavy atom. The number of benzene rings is 2. The Hall–Kier alpha value is -3.13. The van der Waals surface area contributed by atoms with Crippen LogP contribution in [0.2, 0.25) is 0 Å².